The topological polar surface area (TPSA) is 38.7 Å². The second-order valence-corrected chi connectivity index (χ2v) is 7.25. The molecular formula is C17H29BO3. The molecule has 3 nitrogen and oxygen atoms in total. The lowest BCUT2D eigenvalue weighted by atomic mass is 9.62. The standard InChI is InChI=1S/C17H29BO3/c1-13(19)12-20-15-10-8-9-14(11-15)18(7)21-17(5,6)16(2,3)4/h8-11,13,19H,12H2,1-7H3. The Labute approximate surface area is 129 Å². The molecular weight excluding hydrogens is 263 g/mol. The van der Waals surface area contributed by atoms with Crippen LogP contribution in [0.15, 0.2) is 24.3 Å². The predicted molar refractivity (Wildman–Crippen MR) is 89.5 cm³/mol. The number of hydrogen-bond acceptors (Lipinski definition) is 3. The van der Waals surface area contributed by atoms with Crippen LogP contribution in [-0.2, 0) is 4.65 Å². The highest BCUT2D eigenvalue weighted by Gasteiger charge is 2.36. The molecule has 0 aromatic heterocycles. The molecule has 0 fully saturated rings. The summed E-state index contributed by atoms with van der Waals surface area (Å²) >= 11 is 0. The van der Waals surface area contributed by atoms with Crippen LogP contribution in [0.5, 0.6) is 5.75 Å². The molecule has 1 aromatic rings. The van der Waals surface area contributed by atoms with Gasteiger partial charge in [-0.1, -0.05) is 39.7 Å². The minimum atomic E-state index is -0.470. The lowest BCUT2D eigenvalue weighted by Crippen LogP contribution is -2.46. The minimum Gasteiger partial charge on any atom is -0.491 e. The molecule has 0 aliphatic rings. The third kappa shape index (κ3) is 5.37. The molecule has 0 bridgehead atoms. The summed E-state index contributed by atoms with van der Waals surface area (Å²) in [5.74, 6) is 0.761. The summed E-state index contributed by atoms with van der Waals surface area (Å²) < 4.78 is 11.8. The van der Waals surface area contributed by atoms with Crippen LogP contribution in [0.3, 0.4) is 0 Å². The molecule has 21 heavy (non-hydrogen) atoms. The minimum absolute atomic E-state index is 0.0191. The fourth-order valence-electron chi connectivity index (χ4n) is 1.76. The number of ether oxygens (including phenoxy) is 1. The first-order valence-corrected chi connectivity index (χ1v) is 7.61. The van der Waals surface area contributed by atoms with Gasteiger partial charge in [-0.2, -0.15) is 0 Å². The van der Waals surface area contributed by atoms with Crippen LogP contribution in [-0.4, -0.2) is 30.3 Å². The number of benzene rings is 1. The zero-order valence-corrected chi connectivity index (χ0v) is 14.4. The highest BCUT2D eigenvalue weighted by molar-refractivity contribution is 6.66. The van der Waals surface area contributed by atoms with E-state index in [0.717, 1.165) is 11.2 Å². The monoisotopic (exact) mass is 292 g/mol. The Kier molecular flexibility index (Phi) is 5.88. The summed E-state index contributed by atoms with van der Waals surface area (Å²) in [5.41, 5.74) is 0.903. The molecule has 1 atom stereocenters. The van der Waals surface area contributed by atoms with E-state index >= 15 is 0 Å². The highest BCUT2D eigenvalue weighted by atomic mass is 16.5. The SMILES string of the molecule is CB(OC(C)(C)C(C)(C)C)c1cccc(OCC(C)O)c1. The van der Waals surface area contributed by atoms with Gasteiger partial charge in [0.1, 0.15) is 12.4 Å². The van der Waals surface area contributed by atoms with Crippen LogP contribution in [0.25, 0.3) is 0 Å². The van der Waals surface area contributed by atoms with E-state index in [9.17, 15) is 5.11 Å². The molecule has 0 amide bonds. The summed E-state index contributed by atoms with van der Waals surface area (Å²) in [5, 5.41) is 9.28. The fourth-order valence-corrected chi connectivity index (χ4v) is 1.76. The van der Waals surface area contributed by atoms with Crippen molar-refractivity contribution >= 4 is 12.4 Å². The van der Waals surface area contributed by atoms with Crippen molar-refractivity contribution in [2.45, 2.75) is 60.1 Å². The maximum atomic E-state index is 9.28. The molecule has 0 saturated carbocycles. The first kappa shape index (κ1) is 18.1. The summed E-state index contributed by atoms with van der Waals surface area (Å²) in [7, 11) is 0. The summed E-state index contributed by atoms with van der Waals surface area (Å²) in [6, 6.07) is 7.87. The van der Waals surface area contributed by atoms with Gasteiger partial charge in [-0.15, -0.1) is 0 Å². The second kappa shape index (κ2) is 6.84. The fraction of sp³-hybridized carbons (Fsp3) is 0.647. The van der Waals surface area contributed by atoms with E-state index < -0.39 is 6.10 Å². The average molecular weight is 292 g/mol. The van der Waals surface area contributed by atoms with E-state index in [1.807, 2.05) is 24.3 Å². The van der Waals surface area contributed by atoms with E-state index in [-0.39, 0.29) is 17.9 Å². The number of aliphatic hydroxyl groups excluding tert-OH is 1. The van der Waals surface area contributed by atoms with Gasteiger partial charge in [-0.05, 0) is 43.8 Å². The molecule has 1 aromatic carbocycles. The number of aliphatic hydroxyl groups is 1. The molecule has 0 saturated heterocycles. The van der Waals surface area contributed by atoms with Gasteiger partial charge in [0.15, 0.2) is 0 Å². The van der Waals surface area contributed by atoms with Crippen LogP contribution in [0.1, 0.15) is 41.5 Å². The summed E-state index contributed by atoms with van der Waals surface area (Å²) in [4.78, 5) is 0. The zero-order valence-electron chi connectivity index (χ0n) is 14.4. The van der Waals surface area contributed by atoms with E-state index in [4.69, 9.17) is 9.39 Å². The molecule has 0 radical (unpaired) electrons. The van der Waals surface area contributed by atoms with E-state index in [2.05, 4.69) is 41.4 Å². The smallest absolute Gasteiger partial charge is 0.324 e. The number of hydrogen-bond donors (Lipinski definition) is 1. The summed E-state index contributed by atoms with van der Waals surface area (Å²) in [6.07, 6.45) is -0.470. The van der Waals surface area contributed by atoms with Gasteiger partial charge < -0.3 is 14.5 Å². The van der Waals surface area contributed by atoms with Gasteiger partial charge in [0.05, 0.1) is 11.7 Å². The van der Waals surface area contributed by atoms with E-state index in [1.165, 1.54) is 0 Å². The lowest BCUT2D eigenvalue weighted by Gasteiger charge is -2.40. The Morgan fingerprint density at radius 1 is 1.19 bits per heavy atom. The van der Waals surface area contributed by atoms with Crippen molar-refractivity contribution in [2.24, 2.45) is 5.41 Å². The molecule has 1 unspecified atom stereocenters. The Morgan fingerprint density at radius 2 is 1.81 bits per heavy atom. The van der Waals surface area contributed by atoms with Crippen molar-refractivity contribution in [3.63, 3.8) is 0 Å². The predicted octanol–water partition coefficient (Wildman–Crippen LogP) is 3.12. The first-order chi connectivity index (χ1) is 9.53. The average Bonchev–Trinajstić information content (AvgIpc) is 2.35. The Morgan fingerprint density at radius 3 is 2.33 bits per heavy atom. The van der Waals surface area contributed by atoms with Crippen LogP contribution in [0, 0.1) is 5.41 Å². The van der Waals surface area contributed by atoms with E-state index in [0.29, 0.717) is 6.61 Å². The molecule has 0 heterocycles. The van der Waals surface area contributed by atoms with Gasteiger partial charge in [-0.3, -0.25) is 0 Å². The van der Waals surface area contributed by atoms with Gasteiger partial charge in [0, 0.05) is 0 Å². The Bertz CT molecular complexity index is 450. The molecule has 0 aliphatic heterocycles. The van der Waals surface area contributed by atoms with Crippen LogP contribution < -0.4 is 10.2 Å². The maximum Gasteiger partial charge on any atom is 0.324 e. The normalized spacial score (nSPS) is 13.9. The third-order valence-electron chi connectivity index (χ3n) is 4.10. The lowest BCUT2D eigenvalue weighted by molar-refractivity contribution is 0.000441. The molecule has 0 spiro atoms. The van der Waals surface area contributed by atoms with Crippen LogP contribution >= 0.6 is 0 Å². The van der Waals surface area contributed by atoms with Crippen LogP contribution in [0.2, 0.25) is 6.82 Å². The quantitative estimate of drug-likeness (QED) is 0.819. The third-order valence-corrected chi connectivity index (χ3v) is 4.10. The van der Waals surface area contributed by atoms with Crippen molar-refractivity contribution < 1.29 is 14.5 Å². The molecule has 4 heteroatoms. The molecule has 0 aliphatic carbocycles. The van der Waals surface area contributed by atoms with Gasteiger partial charge in [0.2, 0.25) is 0 Å². The Hall–Kier alpha value is -0.995. The summed E-state index contributed by atoms with van der Waals surface area (Å²) in [6.45, 7) is 14.8. The largest absolute Gasteiger partial charge is 0.491 e. The van der Waals surface area contributed by atoms with Crippen molar-refractivity contribution in [2.75, 3.05) is 6.61 Å². The molecule has 1 rings (SSSR count). The highest BCUT2D eigenvalue weighted by Crippen LogP contribution is 2.33. The first-order valence-electron chi connectivity index (χ1n) is 7.61. The van der Waals surface area contributed by atoms with Crippen LogP contribution in [0.4, 0.5) is 0 Å². The Balaban J connectivity index is 2.79. The van der Waals surface area contributed by atoms with Crippen molar-refractivity contribution in [1.29, 1.82) is 0 Å². The van der Waals surface area contributed by atoms with Crippen molar-refractivity contribution in [1.82, 2.24) is 0 Å². The van der Waals surface area contributed by atoms with Gasteiger partial charge in [0.25, 0.3) is 0 Å². The van der Waals surface area contributed by atoms with Crippen molar-refractivity contribution in [3.8, 4) is 5.75 Å². The number of rotatable bonds is 6. The van der Waals surface area contributed by atoms with E-state index in [1.54, 1.807) is 6.92 Å². The zero-order chi connectivity index (χ0) is 16.3. The maximum absolute atomic E-state index is 9.28. The van der Waals surface area contributed by atoms with Gasteiger partial charge >= 0.3 is 6.92 Å². The molecule has 118 valence electrons. The van der Waals surface area contributed by atoms with Crippen molar-refractivity contribution in [3.05, 3.63) is 24.3 Å². The van der Waals surface area contributed by atoms with Gasteiger partial charge in [-0.25, -0.2) is 0 Å². The molecule has 1 N–H and O–H groups in total. The second-order valence-electron chi connectivity index (χ2n) is 7.25.